The molecule has 0 aliphatic carbocycles. The van der Waals surface area contributed by atoms with Crippen molar-refractivity contribution in [3.8, 4) is 0 Å². The molecule has 0 amide bonds. The molecule has 0 radical (unpaired) electrons. The van der Waals surface area contributed by atoms with Gasteiger partial charge < -0.3 is 0 Å². The monoisotopic (exact) mass is 650 g/mol. The summed E-state index contributed by atoms with van der Waals surface area (Å²) in [5.74, 6) is 0. The molecular weight excluding hydrogens is 612 g/mol. The van der Waals surface area contributed by atoms with E-state index >= 15 is 0 Å². The molecule has 0 aromatic rings. The standard InChI is InChI=1S/2C4H10P.2C4H9.2ClH.6Ti/c2*1-2-3-4-5;2*1-3-4-2;;;;;;;;/h2*5H,2-4H2,1H3;2*3H,4H2,1-2H3;2*1H;;;;;;/q2*-1;;;;;;;;;+1;+3/p-2. The third-order valence-corrected chi connectivity index (χ3v) is 270. The molecule has 1 saturated heterocycles. The summed E-state index contributed by atoms with van der Waals surface area (Å²) in [7, 11) is 13.2. The van der Waals surface area contributed by atoms with Crippen LogP contribution in [0.1, 0.15) is 80.1 Å². The third kappa shape index (κ3) is 9.17. The Bertz CT molecular complexity index is 420. The Hall–Kier alpha value is 5.73. The van der Waals surface area contributed by atoms with Crippen LogP contribution in [-0.2, 0) is 65.6 Å². The molecule has 0 saturated carbocycles. The van der Waals surface area contributed by atoms with Crippen molar-refractivity contribution in [3.05, 3.63) is 0 Å². The predicted octanol–water partition coefficient (Wildman–Crippen LogP) is 8.73. The van der Waals surface area contributed by atoms with Gasteiger partial charge in [0.05, 0.1) is 0 Å². The zero-order valence-electron chi connectivity index (χ0n) is 17.6. The van der Waals surface area contributed by atoms with Crippen LogP contribution in [0.2, 0.25) is 8.45 Å². The maximum absolute atomic E-state index is 7.85. The molecule has 0 aromatic carbocycles. The number of hydrogen-bond donors (Lipinski definition) is 0. The van der Waals surface area contributed by atoms with Gasteiger partial charge in [-0.15, -0.1) is 0 Å². The van der Waals surface area contributed by atoms with Gasteiger partial charge in [-0.25, -0.2) is 0 Å². The van der Waals surface area contributed by atoms with Gasteiger partial charge in [-0.3, -0.25) is 0 Å². The maximum atomic E-state index is 7.85. The number of rotatable bonds is 12. The molecule has 1 fully saturated rings. The van der Waals surface area contributed by atoms with Crippen LogP contribution >= 0.6 is 31.8 Å². The molecule has 4 atom stereocenters. The second-order valence-corrected chi connectivity index (χ2v) is 131. The van der Waals surface area contributed by atoms with Crippen molar-refractivity contribution in [2.45, 2.75) is 88.5 Å². The molecule has 0 N–H and O–H groups in total. The average Bonchev–Trinajstić information content (AvgIpc) is 2.59. The van der Waals surface area contributed by atoms with E-state index in [0.717, 1.165) is 15.0 Å². The van der Waals surface area contributed by atoms with E-state index in [0.29, 0.717) is 12.7 Å². The molecule has 26 heavy (non-hydrogen) atoms. The van der Waals surface area contributed by atoms with Gasteiger partial charge in [-0.1, -0.05) is 0 Å². The molecular formula is C16H38Cl2P2Ti6. The topological polar surface area (TPSA) is 0 Å². The predicted molar refractivity (Wildman–Crippen MR) is 107 cm³/mol. The van der Waals surface area contributed by atoms with Gasteiger partial charge in [-0.2, -0.15) is 0 Å². The molecule has 1 aliphatic heterocycles. The zero-order chi connectivity index (χ0) is 19.9. The van der Waals surface area contributed by atoms with Gasteiger partial charge in [0.15, 0.2) is 0 Å². The van der Waals surface area contributed by atoms with Crippen LogP contribution in [0.15, 0.2) is 0 Å². The van der Waals surface area contributed by atoms with Gasteiger partial charge >= 0.3 is 198 Å². The first kappa shape index (κ1) is 29.8. The summed E-state index contributed by atoms with van der Waals surface area (Å²) in [5, 5.41) is 0. The molecule has 0 aromatic heterocycles. The van der Waals surface area contributed by atoms with Crippen molar-refractivity contribution in [2.24, 2.45) is 0 Å². The molecule has 0 nitrogen and oxygen atoms in total. The van der Waals surface area contributed by atoms with E-state index in [-0.39, 0.29) is 25.5 Å². The number of unbranched alkanes of at least 4 members (excludes halogenated alkanes) is 2. The summed E-state index contributed by atoms with van der Waals surface area (Å²) >= 11 is 0.706. The molecule has 10 heteroatoms. The number of halogens is 2. The van der Waals surface area contributed by atoms with Crippen LogP contribution in [0.3, 0.4) is 0 Å². The Kier molecular flexibility index (Phi) is 16.3. The van der Waals surface area contributed by atoms with Crippen LogP contribution in [0.4, 0.5) is 0 Å². The van der Waals surface area contributed by atoms with E-state index < -0.39 is 27.4 Å². The van der Waals surface area contributed by atoms with E-state index in [9.17, 15) is 0 Å². The van der Waals surface area contributed by atoms with E-state index in [2.05, 4.69) is 41.5 Å². The molecule has 150 valence electrons. The first-order valence-electron chi connectivity index (χ1n) is 10.5. The van der Waals surface area contributed by atoms with Gasteiger partial charge in [0.25, 0.3) is 0 Å². The van der Waals surface area contributed by atoms with Crippen molar-refractivity contribution in [1.82, 2.24) is 0 Å². The summed E-state index contributed by atoms with van der Waals surface area (Å²) in [6.07, 6.45) is 8.54. The van der Waals surface area contributed by atoms with E-state index in [1.54, 1.807) is 6.16 Å². The second kappa shape index (κ2) is 14.2. The molecule has 1 rings (SSSR count). The van der Waals surface area contributed by atoms with E-state index in [4.69, 9.17) is 18.6 Å². The Morgan fingerprint density at radius 3 is 2.00 bits per heavy atom. The van der Waals surface area contributed by atoms with Crippen molar-refractivity contribution in [2.75, 3.05) is 12.3 Å². The molecule has 1 heterocycles. The van der Waals surface area contributed by atoms with Crippen LogP contribution < -0.4 is 0 Å². The van der Waals surface area contributed by atoms with Crippen LogP contribution in [0.5, 0.6) is 0 Å². The van der Waals surface area contributed by atoms with Crippen molar-refractivity contribution >= 4 is 31.8 Å². The van der Waals surface area contributed by atoms with Crippen molar-refractivity contribution < 1.29 is 65.6 Å². The zero-order valence-corrected chi connectivity index (χ0v) is 30.4. The Balaban J connectivity index is 3.18. The van der Waals surface area contributed by atoms with E-state index in [1.807, 2.05) is 0 Å². The SMILES string of the molecule is CCCC[PH][Ti]1[Ti][Ti]([CH](C)CC)([CH](C)CC)[Ti][Ti]([Cl])([Cl])([PH]CCCC)[Ti]1. The Morgan fingerprint density at radius 1 is 0.962 bits per heavy atom. The fraction of sp³-hybridized carbons (Fsp3) is 1.00. The normalized spacial score (nSPS) is 28.9. The fourth-order valence-electron chi connectivity index (χ4n) is 3.56. The number of hydrogen-bond acceptors (Lipinski definition) is 0. The van der Waals surface area contributed by atoms with Crippen molar-refractivity contribution in [3.63, 3.8) is 0 Å². The van der Waals surface area contributed by atoms with Gasteiger partial charge in [0.2, 0.25) is 0 Å². The van der Waals surface area contributed by atoms with Crippen LogP contribution in [0, 0.1) is 0 Å². The summed E-state index contributed by atoms with van der Waals surface area (Å²) < 4.78 is 2.21. The summed E-state index contributed by atoms with van der Waals surface area (Å²) in [6, 6.07) is 0. The van der Waals surface area contributed by atoms with Gasteiger partial charge in [-0.05, 0) is 0 Å². The van der Waals surface area contributed by atoms with Crippen molar-refractivity contribution in [1.29, 1.82) is 0 Å². The van der Waals surface area contributed by atoms with Gasteiger partial charge in [0.1, 0.15) is 0 Å². The molecule has 0 bridgehead atoms. The summed E-state index contributed by atoms with van der Waals surface area (Å²) in [5.41, 5.74) is 0. The molecule has 4 unspecified atom stereocenters. The quantitative estimate of drug-likeness (QED) is 0.113. The first-order chi connectivity index (χ1) is 12.2. The minimum atomic E-state index is -2.97. The molecule has 1 aliphatic rings. The van der Waals surface area contributed by atoms with Gasteiger partial charge in [0, 0.05) is 0 Å². The minimum absolute atomic E-state index is 0.0743. The Labute approximate surface area is 194 Å². The third-order valence-electron chi connectivity index (χ3n) is 5.68. The second-order valence-electron chi connectivity index (χ2n) is 7.81. The van der Waals surface area contributed by atoms with Crippen LogP contribution in [-0.4, -0.2) is 12.3 Å². The van der Waals surface area contributed by atoms with Crippen LogP contribution in [0.25, 0.3) is 0 Å². The fourth-order valence-corrected chi connectivity index (χ4v) is 659. The van der Waals surface area contributed by atoms with E-state index in [1.165, 1.54) is 51.3 Å². The summed E-state index contributed by atoms with van der Waals surface area (Å²) in [6.45, 7) is 17.6. The molecule has 0 spiro atoms. The summed E-state index contributed by atoms with van der Waals surface area (Å²) in [4.78, 5) is 0. The first-order valence-corrected chi connectivity index (χ1v) is 47.7. The Morgan fingerprint density at radius 2 is 1.50 bits per heavy atom. The average molecular weight is 651 g/mol.